The SMILES string of the molecule is O=C(CCc1ccccc1F)NCCn1ncc(-c2cnccn2)c1-c1cccs1. The summed E-state index contributed by atoms with van der Waals surface area (Å²) in [7, 11) is 0. The zero-order valence-corrected chi connectivity index (χ0v) is 17.0. The van der Waals surface area contributed by atoms with Gasteiger partial charge in [-0.15, -0.1) is 11.3 Å². The number of rotatable bonds is 8. The first-order valence-corrected chi connectivity index (χ1v) is 10.5. The van der Waals surface area contributed by atoms with Crippen molar-refractivity contribution in [3.05, 3.63) is 77.9 Å². The summed E-state index contributed by atoms with van der Waals surface area (Å²) in [6.45, 7) is 0.939. The third-order valence-electron chi connectivity index (χ3n) is 4.66. The fraction of sp³-hybridized carbons (Fsp3) is 0.182. The lowest BCUT2D eigenvalue weighted by Crippen LogP contribution is -2.27. The number of benzene rings is 1. The Labute approximate surface area is 177 Å². The molecule has 4 rings (SSSR count). The van der Waals surface area contributed by atoms with E-state index < -0.39 is 0 Å². The van der Waals surface area contributed by atoms with Gasteiger partial charge < -0.3 is 5.32 Å². The van der Waals surface area contributed by atoms with Crippen LogP contribution in [-0.2, 0) is 17.8 Å². The Kier molecular flexibility index (Phi) is 6.24. The Morgan fingerprint density at radius 1 is 1.13 bits per heavy atom. The second-order valence-electron chi connectivity index (χ2n) is 6.64. The molecule has 1 amide bonds. The van der Waals surface area contributed by atoms with Gasteiger partial charge in [0.25, 0.3) is 0 Å². The molecule has 0 fully saturated rings. The number of carbonyl (C=O) groups excluding carboxylic acids is 1. The molecule has 6 nitrogen and oxygen atoms in total. The summed E-state index contributed by atoms with van der Waals surface area (Å²) in [5.41, 5.74) is 3.15. The van der Waals surface area contributed by atoms with Crippen LogP contribution in [0.3, 0.4) is 0 Å². The summed E-state index contributed by atoms with van der Waals surface area (Å²) in [5, 5.41) is 9.41. The number of hydrogen-bond donors (Lipinski definition) is 1. The number of nitrogens with zero attached hydrogens (tertiary/aromatic N) is 4. The van der Waals surface area contributed by atoms with Crippen LogP contribution in [0.4, 0.5) is 4.39 Å². The second kappa shape index (κ2) is 9.41. The van der Waals surface area contributed by atoms with E-state index in [2.05, 4.69) is 20.4 Å². The minimum absolute atomic E-state index is 0.114. The number of nitrogens with one attached hydrogen (secondary N) is 1. The Hall–Kier alpha value is -3.39. The zero-order valence-electron chi connectivity index (χ0n) is 16.2. The summed E-state index contributed by atoms with van der Waals surface area (Å²) in [5.74, 6) is -0.392. The molecule has 0 radical (unpaired) electrons. The third kappa shape index (κ3) is 4.60. The predicted octanol–water partition coefficient (Wildman–Crippen LogP) is 3.96. The average molecular weight is 422 g/mol. The van der Waals surface area contributed by atoms with Crippen LogP contribution in [-0.4, -0.2) is 32.2 Å². The molecule has 1 N–H and O–H groups in total. The number of aryl methyl sites for hydroxylation is 1. The molecule has 8 heteroatoms. The summed E-state index contributed by atoms with van der Waals surface area (Å²) in [4.78, 5) is 21.8. The van der Waals surface area contributed by atoms with E-state index in [1.165, 1.54) is 6.07 Å². The van der Waals surface area contributed by atoms with E-state index >= 15 is 0 Å². The molecule has 0 unspecified atom stereocenters. The number of carbonyl (C=O) groups is 1. The molecule has 3 heterocycles. The molecule has 1 aromatic carbocycles. The van der Waals surface area contributed by atoms with Crippen LogP contribution in [0.5, 0.6) is 0 Å². The molecular formula is C22H20FN5OS. The first-order chi connectivity index (χ1) is 14.7. The van der Waals surface area contributed by atoms with E-state index in [4.69, 9.17) is 0 Å². The lowest BCUT2D eigenvalue weighted by molar-refractivity contribution is -0.121. The molecule has 152 valence electrons. The van der Waals surface area contributed by atoms with Crippen molar-refractivity contribution in [3.8, 4) is 21.8 Å². The molecule has 0 saturated carbocycles. The van der Waals surface area contributed by atoms with Gasteiger partial charge in [-0.05, 0) is 29.5 Å². The molecule has 30 heavy (non-hydrogen) atoms. The molecule has 0 spiro atoms. The number of halogens is 1. The zero-order chi connectivity index (χ0) is 20.8. The lowest BCUT2D eigenvalue weighted by atomic mass is 10.1. The fourth-order valence-electron chi connectivity index (χ4n) is 3.19. The third-order valence-corrected chi connectivity index (χ3v) is 5.53. The summed E-state index contributed by atoms with van der Waals surface area (Å²) in [6, 6.07) is 10.5. The van der Waals surface area contributed by atoms with E-state index in [-0.39, 0.29) is 18.1 Å². The van der Waals surface area contributed by atoms with Gasteiger partial charge in [-0.3, -0.25) is 19.4 Å². The molecule has 4 aromatic rings. The monoisotopic (exact) mass is 421 g/mol. The van der Waals surface area contributed by atoms with Crippen molar-refractivity contribution in [2.75, 3.05) is 6.54 Å². The van der Waals surface area contributed by atoms with Crippen LogP contribution in [0.15, 0.2) is 66.6 Å². The highest BCUT2D eigenvalue weighted by molar-refractivity contribution is 7.13. The molecule has 3 aromatic heterocycles. The Balaban J connectivity index is 1.41. The van der Waals surface area contributed by atoms with Crippen LogP contribution < -0.4 is 5.32 Å². The Bertz CT molecular complexity index is 1110. The van der Waals surface area contributed by atoms with E-state index in [1.807, 2.05) is 22.2 Å². The highest BCUT2D eigenvalue weighted by Crippen LogP contribution is 2.33. The number of hydrogen-bond acceptors (Lipinski definition) is 5. The van der Waals surface area contributed by atoms with Crippen LogP contribution in [0.2, 0.25) is 0 Å². The van der Waals surface area contributed by atoms with Crippen molar-refractivity contribution < 1.29 is 9.18 Å². The minimum atomic E-state index is -0.279. The van der Waals surface area contributed by atoms with Crippen molar-refractivity contribution in [1.82, 2.24) is 25.1 Å². The van der Waals surface area contributed by atoms with Gasteiger partial charge in [0.1, 0.15) is 5.82 Å². The highest BCUT2D eigenvalue weighted by atomic mass is 32.1. The number of amides is 1. The molecule has 0 aliphatic rings. The molecule has 0 saturated heterocycles. The standard InChI is InChI=1S/C22H20FN5OS/c23-18-5-2-1-4-16(18)7-8-21(29)26-11-12-28-22(20-6-3-13-30-20)17(14-27-28)19-15-24-9-10-25-19/h1-6,9-10,13-15H,7-8,11-12H2,(H,26,29). The number of aromatic nitrogens is 4. The number of thiophene rings is 1. The molecule has 0 bridgehead atoms. The van der Waals surface area contributed by atoms with Crippen LogP contribution in [0, 0.1) is 5.82 Å². The summed E-state index contributed by atoms with van der Waals surface area (Å²) in [6.07, 6.45) is 7.39. The summed E-state index contributed by atoms with van der Waals surface area (Å²) >= 11 is 1.62. The predicted molar refractivity (Wildman–Crippen MR) is 114 cm³/mol. The minimum Gasteiger partial charge on any atom is -0.354 e. The van der Waals surface area contributed by atoms with E-state index in [0.29, 0.717) is 25.1 Å². The first kappa shape index (κ1) is 19.9. The highest BCUT2D eigenvalue weighted by Gasteiger charge is 2.16. The van der Waals surface area contributed by atoms with Gasteiger partial charge in [0.2, 0.25) is 5.91 Å². The Morgan fingerprint density at radius 2 is 2.03 bits per heavy atom. The molecule has 0 aliphatic carbocycles. The van der Waals surface area contributed by atoms with Gasteiger partial charge >= 0.3 is 0 Å². The van der Waals surface area contributed by atoms with Crippen molar-refractivity contribution in [2.45, 2.75) is 19.4 Å². The maximum atomic E-state index is 13.7. The normalized spacial score (nSPS) is 10.8. The smallest absolute Gasteiger partial charge is 0.220 e. The maximum absolute atomic E-state index is 13.7. The Morgan fingerprint density at radius 3 is 2.80 bits per heavy atom. The topological polar surface area (TPSA) is 72.7 Å². The maximum Gasteiger partial charge on any atom is 0.220 e. The lowest BCUT2D eigenvalue weighted by Gasteiger charge is -2.10. The fourth-order valence-corrected chi connectivity index (χ4v) is 3.98. The second-order valence-corrected chi connectivity index (χ2v) is 7.59. The average Bonchev–Trinajstić information content (AvgIpc) is 3.43. The van der Waals surface area contributed by atoms with Gasteiger partial charge in [-0.2, -0.15) is 5.10 Å². The van der Waals surface area contributed by atoms with Gasteiger partial charge in [0, 0.05) is 30.9 Å². The molecule has 0 atom stereocenters. The van der Waals surface area contributed by atoms with Crippen molar-refractivity contribution in [1.29, 1.82) is 0 Å². The molecule has 0 aliphatic heterocycles. The van der Waals surface area contributed by atoms with Crippen LogP contribution in [0.1, 0.15) is 12.0 Å². The van der Waals surface area contributed by atoms with Gasteiger partial charge in [0.05, 0.1) is 35.2 Å². The molecular weight excluding hydrogens is 401 g/mol. The van der Waals surface area contributed by atoms with Gasteiger partial charge in [0.15, 0.2) is 0 Å². The van der Waals surface area contributed by atoms with E-state index in [1.54, 1.807) is 54.3 Å². The largest absolute Gasteiger partial charge is 0.354 e. The van der Waals surface area contributed by atoms with Crippen molar-refractivity contribution in [3.63, 3.8) is 0 Å². The summed E-state index contributed by atoms with van der Waals surface area (Å²) < 4.78 is 15.6. The first-order valence-electron chi connectivity index (χ1n) is 9.58. The van der Waals surface area contributed by atoms with Gasteiger partial charge in [-0.25, -0.2) is 4.39 Å². The van der Waals surface area contributed by atoms with E-state index in [0.717, 1.165) is 21.8 Å². The van der Waals surface area contributed by atoms with Crippen LogP contribution >= 0.6 is 11.3 Å². The van der Waals surface area contributed by atoms with E-state index in [9.17, 15) is 9.18 Å². The van der Waals surface area contributed by atoms with Gasteiger partial charge in [-0.1, -0.05) is 24.3 Å². The van der Waals surface area contributed by atoms with Crippen molar-refractivity contribution >= 4 is 17.2 Å². The van der Waals surface area contributed by atoms with Crippen molar-refractivity contribution in [2.24, 2.45) is 0 Å². The van der Waals surface area contributed by atoms with Crippen LogP contribution in [0.25, 0.3) is 21.8 Å². The quantitative estimate of drug-likeness (QED) is 0.467.